The lowest BCUT2D eigenvalue weighted by atomic mass is 10.1. The van der Waals surface area contributed by atoms with Gasteiger partial charge in [-0.05, 0) is 109 Å². The van der Waals surface area contributed by atoms with Gasteiger partial charge in [0, 0.05) is 19.3 Å². The molecule has 64 heavy (non-hydrogen) atoms. The van der Waals surface area contributed by atoms with Gasteiger partial charge in [-0.1, -0.05) is 201 Å². The molecule has 0 amide bonds. The van der Waals surface area contributed by atoms with E-state index >= 15 is 0 Å². The maximum absolute atomic E-state index is 12.8. The van der Waals surface area contributed by atoms with Gasteiger partial charge in [0.15, 0.2) is 6.10 Å². The third-order valence-electron chi connectivity index (χ3n) is 10.8. The number of esters is 3. The Bertz CT molecular complexity index is 1300. The Balaban J connectivity index is 4.53. The topological polar surface area (TPSA) is 78.9 Å². The van der Waals surface area contributed by atoms with Crippen molar-refractivity contribution < 1.29 is 28.6 Å². The summed E-state index contributed by atoms with van der Waals surface area (Å²) < 4.78 is 16.7. The van der Waals surface area contributed by atoms with Crippen LogP contribution in [0.25, 0.3) is 0 Å². The Morgan fingerprint density at radius 1 is 0.328 bits per heavy atom. The van der Waals surface area contributed by atoms with Gasteiger partial charge in [0.2, 0.25) is 0 Å². The Labute approximate surface area is 394 Å². The molecule has 0 radical (unpaired) electrons. The summed E-state index contributed by atoms with van der Waals surface area (Å²) >= 11 is 0. The zero-order chi connectivity index (χ0) is 46.5. The van der Waals surface area contributed by atoms with Crippen molar-refractivity contribution in [3.05, 3.63) is 97.2 Å². The minimum absolute atomic E-state index is 0.117. The number of rotatable bonds is 46. The number of hydrogen-bond acceptors (Lipinski definition) is 6. The molecule has 0 saturated heterocycles. The first-order chi connectivity index (χ1) is 31.5. The van der Waals surface area contributed by atoms with Crippen LogP contribution in [0.2, 0.25) is 0 Å². The Hall–Kier alpha value is -3.67. The van der Waals surface area contributed by atoms with Crippen LogP contribution in [0.4, 0.5) is 0 Å². The fourth-order valence-electron chi connectivity index (χ4n) is 6.87. The van der Waals surface area contributed by atoms with E-state index in [1.54, 1.807) is 0 Å². The van der Waals surface area contributed by atoms with Gasteiger partial charge in [0.25, 0.3) is 0 Å². The minimum Gasteiger partial charge on any atom is -0.462 e. The van der Waals surface area contributed by atoms with Gasteiger partial charge < -0.3 is 14.2 Å². The number of carbonyl (C=O) groups excluding carboxylic acids is 3. The SMILES string of the molecule is CC/C=C\C/C=C\C/C=C\C/C=C\C/C=C\CCC(=O)OC(COC(=O)CCCCC/C=C\CCCCCCCC)COC(=O)CCCCCCCCC/C=C\C/C=C\CCCCC. The third-order valence-corrected chi connectivity index (χ3v) is 10.8. The Morgan fingerprint density at radius 2 is 0.641 bits per heavy atom. The fourth-order valence-corrected chi connectivity index (χ4v) is 6.87. The number of allylic oxidation sites excluding steroid dienone is 16. The van der Waals surface area contributed by atoms with E-state index in [4.69, 9.17) is 14.2 Å². The van der Waals surface area contributed by atoms with E-state index in [-0.39, 0.29) is 31.6 Å². The Kier molecular flexibility index (Phi) is 49.0. The molecule has 0 aromatic rings. The van der Waals surface area contributed by atoms with Crippen LogP contribution in [0, 0.1) is 0 Å². The van der Waals surface area contributed by atoms with E-state index in [1.165, 1.54) is 89.9 Å². The molecule has 364 valence electrons. The van der Waals surface area contributed by atoms with Crippen LogP contribution in [-0.2, 0) is 28.6 Å². The second-order valence-electron chi connectivity index (χ2n) is 17.0. The lowest BCUT2D eigenvalue weighted by molar-refractivity contribution is -0.166. The van der Waals surface area contributed by atoms with Crippen molar-refractivity contribution in [2.24, 2.45) is 0 Å². The van der Waals surface area contributed by atoms with Crippen LogP contribution in [0.5, 0.6) is 0 Å². The zero-order valence-electron chi connectivity index (χ0n) is 41.5. The molecule has 0 fully saturated rings. The molecular weight excluding hydrogens is 793 g/mol. The summed E-state index contributed by atoms with van der Waals surface area (Å²) in [4.78, 5) is 38.0. The second kappa shape index (κ2) is 52.0. The highest BCUT2D eigenvalue weighted by Gasteiger charge is 2.19. The molecule has 1 unspecified atom stereocenters. The normalized spacial score (nSPS) is 12.9. The zero-order valence-corrected chi connectivity index (χ0v) is 41.5. The number of ether oxygens (including phenoxy) is 3. The van der Waals surface area contributed by atoms with Crippen LogP contribution >= 0.6 is 0 Å². The molecule has 0 heterocycles. The molecule has 0 spiro atoms. The van der Waals surface area contributed by atoms with Gasteiger partial charge >= 0.3 is 17.9 Å². The maximum atomic E-state index is 12.8. The average Bonchev–Trinajstić information content (AvgIpc) is 3.29. The van der Waals surface area contributed by atoms with Crippen LogP contribution in [0.3, 0.4) is 0 Å². The second-order valence-corrected chi connectivity index (χ2v) is 17.0. The smallest absolute Gasteiger partial charge is 0.306 e. The van der Waals surface area contributed by atoms with Crippen molar-refractivity contribution in [3.63, 3.8) is 0 Å². The molecule has 0 aromatic heterocycles. The van der Waals surface area contributed by atoms with Crippen molar-refractivity contribution in [1.82, 2.24) is 0 Å². The molecule has 1 atom stereocenters. The fraction of sp³-hybridized carbons (Fsp3) is 0.672. The minimum atomic E-state index is -0.826. The molecule has 0 aliphatic rings. The highest BCUT2D eigenvalue weighted by Crippen LogP contribution is 2.13. The van der Waals surface area contributed by atoms with Crippen molar-refractivity contribution in [2.75, 3.05) is 13.2 Å². The van der Waals surface area contributed by atoms with E-state index < -0.39 is 12.1 Å². The predicted octanol–water partition coefficient (Wildman–Crippen LogP) is 17.4. The van der Waals surface area contributed by atoms with Crippen molar-refractivity contribution in [1.29, 1.82) is 0 Å². The lowest BCUT2D eigenvalue weighted by Gasteiger charge is -2.18. The summed E-state index contributed by atoms with van der Waals surface area (Å²) in [5.74, 6) is -1.03. The standard InChI is InChI=1S/C58H96O6/c1-4-7-10-13-16-19-22-25-27-29-31-33-36-39-42-45-48-51-57(60)63-54-55(53-62-56(59)50-47-44-41-38-35-32-24-21-18-15-12-9-6-3)64-58(61)52-49-46-43-40-37-34-30-28-26-23-20-17-14-11-8-5-2/h8,11,16-17,19-20,25-28,32,34-35,37,43,46,55H,4-7,9-10,12-15,18,21-24,29-31,33,36,38-42,44-45,47-54H2,1-3H3/b11-8-,19-16-,20-17-,27-25-,28-26-,35-32-,37-34-,46-43-. The number of carbonyl (C=O) groups is 3. The average molecular weight is 889 g/mol. The van der Waals surface area contributed by atoms with Gasteiger partial charge in [0.05, 0.1) is 0 Å². The quantitative estimate of drug-likeness (QED) is 0.0262. The molecule has 0 saturated carbocycles. The molecule has 6 heteroatoms. The van der Waals surface area contributed by atoms with Gasteiger partial charge in [-0.25, -0.2) is 0 Å². The van der Waals surface area contributed by atoms with E-state index in [0.29, 0.717) is 19.3 Å². The van der Waals surface area contributed by atoms with Crippen LogP contribution in [0.15, 0.2) is 97.2 Å². The summed E-state index contributed by atoms with van der Waals surface area (Å²) in [6.07, 6.45) is 68.3. The first kappa shape index (κ1) is 60.3. The molecular formula is C58H96O6. The van der Waals surface area contributed by atoms with E-state index in [0.717, 1.165) is 96.3 Å². The summed E-state index contributed by atoms with van der Waals surface area (Å²) in [6.45, 7) is 6.40. The highest BCUT2D eigenvalue weighted by molar-refractivity contribution is 5.71. The van der Waals surface area contributed by atoms with Crippen molar-refractivity contribution in [3.8, 4) is 0 Å². The van der Waals surface area contributed by atoms with E-state index in [1.807, 2.05) is 12.2 Å². The summed E-state index contributed by atoms with van der Waals surface area (Å²) in [6, 6.07) is 0. The van der Waals surface area contributed by atoms with Gasteiger partial charge in [-0.2, -0.15) is 0 Å². The molecule has 0 bridgehead atoms. The molecule has 0 N–H and O–H groups in total. The number of hydrogen-bond donors (Lipinski definition) is 0. The monoisotopic (exact) mass is 889 g/mol. The molecule has 0 aliphatic carbocycles. The summed E-state index contributed by atoms with van der Waals surface area (Å²) in [5, 5.41) is 0. The van der Waals surface area contributed by atoms with Crippen molar-refractivity contribution in [2.45, 2.75) is 239 Å². The summed E-state index contributed by atoms with van der Waals surface area (Å²) in [5.41, 5.74) is 0. The largest absolute Gasteiger partial charge is 0.462 e. The molecule has 0 aliphatic heterocycles. The highest BCUT2D eigenvalue weighted by atomic mass is 16.6. The first-order valence-corrected chi connectivity index (χ1v) is 26.2. The first-order valence-electron chi connectivity index (χ1n) is 26.2. The van der Waals surface area contributed by atoms with Crippen LogP contribution < -0.4 is 0 Å². The maximum Gasteiger partial charge on any atom is 0.306 e. The van der Waals surface area contributed by atoms with Gasteiger partial charge in [0.1, 0.15) is 13.2 Å². The number of unbranched alkanes of at least 4 members (excludes halogenated alkanes) is 19. The Morgan fingerprint density at radius 3 is 1.08 bits per heavy atom. The third kappa shape index (κ3) is 49.3. The van der Waals surface area contributed by atoms with E-state index in [2.05, 4.69) is 106 Å². The van der Waals surface area contributed by atoms with E-state index in [9.17, 15) is 14.4 Å². The predicted molar refractivity (Wildman–Crippen MR) is 274 cm³/mol. The van der Waals surface area contributed by atoms with Gasteiger partial charge in [-0.3, -0.25) is 14.4 Å². The molecule has 6 nitrogen and oxygen atoms in total. The van der Waals surface area contributed by atoms with Gasteiger partial charge in [-0.15, -0.1) is 0 Å². The molecule has 0 rings (SSSR count). The lowest BCUT2D eigenvalue weighted by Crippen LogP contribution is -2.30. The van der Waals surface area contributed by atoms with Crippen LogP contribution in [-0.4, -0.2) is 37.2 Å². The van der Waals surface area contributed by atoms with Crippen molar-refractivity contribution >= 4 is 17.9 Å². The van der Waals surface area contributed by atoms with Crippen LogP contribution in [0.1, 0.15) is 233 Å². The summed E-state index contributed by atoms with van der Waals surface area (Å²) in [7, 11) is 0. The molecule has 0 aromatic carbocycles.